The molecule has 1 aromatic rings. The number of aromatic nitrogens is 2. The summed E-state index contributed by atoms with van der Waals surface area (Å²) in [6.45, 7) is 0.643. The van der Waals surface area contributed by atoms with E-state index in [2.05, 4.69) is 20.6 Å². The molecule has 0 saturated carbocycles. The number of primary amides is 1. The van der Waals surface area contributed by atoms with Crippen LogP contribution in [-0.4, -0.2) is 34.4 Å². The molecule has 2 amide bonds. The third-order valence-corrected chi connectivity index (χ3v) is 2.29. The molecule has 0 bridgehead atoms. The molecule has 1 unspecified atom stereocenters. The van der Waals surface area contributed by atoms with E-state index in [1.807, 2.05) is 0 Å². The maximum Gasteiger partial charge on any atom is 0.267 e. The van der Waals surface area contributed by atoms with Crippen molar-refractivity contribution in [3.63, 3.8) is 0 Å². The number of rotatable bonds is 3. The SMILES string of the molecule is NC(=O)c1cc(NC2CCNC2=O)ncn1. The van der Waals surface area contributed by atoms with Crippen molar-refractivity contribution in [2.45, 2.75) is 12.5 Å². The second-order valence-electron chi connectivity index (χ2n) is 3.43. The summed E-state index contributed by atoms with van der Waals surface area (Å²) in [5.74, 6) is -0.272. The zero-order chi connectivity index (χ0) is 11.5. The Morgan fingerprint density at radius 3 is 3.00 bits per heavy atom. The molecule has 1 aliphatic heterocycles. The maximum atomic E-state index is 11.3. The molecule has 1 aliphatic rings. The molecular formula is C9H11N5O2. The fraction of sp³-hybridized carbons (Fsp3) is 0.333. The van der Waals surface area contributed by atoms with Gasteiger partial charge in [-0.25, -0.2) is 9.97 Å². The van der Waals surface area contributed by atoms with Gasteiger partial charge >= 0.3 is 0 Å². The van der Waals surface area contributed by atoms with Crippen LogP contribution < -0.4 is 16.4 Å². The second-order valence-corrected chi connectivity index (χ2v) is 3.43. The maximum absolute atomic E-state index is 11.3. The van der Waals surface area contributed by atoms with Crippen LogP contribution in [0, 0.1) is 0 Å². The molecule has 7 nitrogen and oxygen atoms in total. The highest BCUT2D eigenvalue weighted by molar-refractivity contribution is 5.91. The van der Waals surface area contributed by atoms with Gasteiger partial charge in [-0.2, -0.15) is 0 Å². The van der Waals surface area contributed by atoms with E-state index in [1.165, 1.54) is 12.4 Å². The first-order chi connectivity index (χ1) is 7.66. The minimum Gasteiger partial charge on any atom is -0.364 e. The zero-order valence-electron chi connectivity index (χ0n) is 8.43. The summed E-state index contributed by atoms with van der Waals surface area (Å²) in [5, 5.41) is 5.61. The van der Waals surface area contributed by atoms with Crippen LogP contribution in [0.25, 0.3) is 0 Å². The van der Waals surface area contributed by atoms with Crippen LogP contribution in [0.5, 0.6) is 0 Å². The number of carbonyl (C=O) groups excluding carboxylic acids is 2. The lowest BCUT2D eigenvalue weighted by Crippen LogP contribution is -2.30. The first-order valence-electron chi connectivity index (χ1n) is 4.83. The summed E-state index contributed by atoms with van der Waals surface area (Å²) in [6.07, 6.45) is 1.92. The molecule has 2 heterocycles. The van der Waals surface area contributed by atoms with Crippen molar-refractivity contribution >= 4 is 17.6 Å². The molecule has 1 aromatic heterocycles. The Kier molecular flexibility index (Phi) is 2.67. The van der Waals surface area contributed by atoms with Gasteiger partial charge in [-0.15, -0.1) is 0 Å². The number of nitrogens with two attached hydrogens (primary N) is 1. The summed E-state index contributed by atoms with van der Waals surface area (Å²) < 4.78 is 0. The number of hydrogen-bond donors (Lipinski definition) is 3. The standard InChI is InChI=1S/C9H11N5O2/c10-8(15)6-3-7(13-4-12-6)14-5-1-2-11-9(5)16/h3-5H,1-2H2,(H2,10,15)(H,11,16)(H,12,13,14). The van der Waals surface area contributed by atoms with Crippen molar-refractivity contribution in [2.24, 2.45) is 5.73 Å². The summed E-state index contributed by atoms with van der Waals surface area (Å²) in [6, 6.07) is 1.11. The smallest absolute Gasteiger partial charge is 0.267 e. The van der Waals surface area contributed by atoms with E-state index in [9.17, 15) is 9.59 Å². The molecule has 16 heavy (non-hydrogen) atoms. The average Bonchev–Trinajstić information content (AvgIpc) is 2.65. The van der Waals surface area contributed by atoms with E-state index in [0.717, 1.165) is 0 Å². The molecule has 1 saturated heterocycles. The first-order valence-corrected chi connectivity index (χ1v) is 4.83. The van der Waals surface area contributed by atoms with Gasteiger partial charge in [0.05, 0.1) is 0 Å². The van der Waals surface area contributed by atoms with Gasteiger partial charge in [0.25, 0.3) is 5.91 Å². The van der Waals surface area contributed by atoms with Crippen molar-refractivity contribution in [2.75, 3.05) is 11.9 Å². The molecule has 1 fully saturated rings. The molecular weight excluding hydrogens is 210 g/mol. The lowest BCUT2D eigenvalue weighted by atomic mass is 10.2. The second kappa shape index (κ2) is 4.13. The number of nitrogens with one attached hydrogen (secondary N) is 2. The highest BCUT2D eigenvalue weighted by Gasteiger charge is 2.24. The van der Waals surface area contributed by atoms with Crippen LogP contribution in [0.4, 0.5) is 5.82 Å². The molecule has 84 valence electrons. The van der Waals surface area contributed by atoms with E-state index in [4.69, 9.17) is 5.73 Å². The molecule has 0 aromatic carbocycles. The lowest BCUT2D eigenvalue weighted by molar-refractivity contribution is -0.119. The van der Waals surface area contributed by atoms with E-state index < -0.39 is 5.91 Å². The van der Waals surface area contributed by atoms with Crippen LogP contribution in [0.15, 0.2) is 12.4 Å². The van der Waals surface area contributed by atoms with Crippen LogP contribution in [-0.2, 0) is 4.79 Å². The number of amides is 2. The predicted octanol–water partition coefficient (Wildman–Crippen LogP) is -1.12. The summed E-state index contributed by atoms with van der Waals surface area (Å²) in [4.78, 5) is 29.8. The fourth-order valence-electron chi connectivity index (χ4n) is 1.48. The van der Waals surface area contributed by atoms with E-state index in [0.29, 0.717) is 18.8 Å². The van der Waals surface area contributed by atoms with Gasteiger partial charge in [-0.3, -0.25) is 9.59 Å². The van der Waals surface area contributed by atoms with Crippen molar-refractivity contribution in [3.05, 3.63) is 18.1 Å². The summed E-state index contributed by atoms with van der Waals surface area (Å²) in [7, 11) is 0. The van der Waals surface area contributed by atoms with Crippen LogP contribution in [0.1, 0.15) is 16.9 Å². The Morgan fingerprint density at radius 1 is 1.56 bits per heavy atom. The normalized spacial score (nSPS) is 19.2. The van der Waals surface area contributed by atoms with Crippen molar-refractivity contribution in [1.29, 1.82) is 0 Å². The third kappa shape index (κ3) is 2.08. The fourth-order valence-corrected chi connectivity index (χ4v) is 1.48. The number of hydrogen-bond acceptors (Lipinski definition) is 5. The van der Waals surface area contributed by atoms with E-state index >= 15 is 0 Å². The zero-order valence-corrected chi connectivity index (χ0v) is 8.43. The average molecular weight is 221 g/mol. The monoisotopic (exact) mass is 221 g/mol. The Morgan fingerprint density at radius 2 is 2.38 bits per heavy atom. The molecule has 0 radical (unpaired) electrons. The Bertz CT molecular complexity index is 434. The molecule has 0 aliphatic carbocycles. The quantitative estimate of drug-likeness (QED) is 0.598. The molecule has 4 N–H and O–H groups in total. The number of carbonyl (C=O) groups is 2. The van der Waals surface area contributed by atoms with Crippen LogP contribution in [0.2, 0.25) is 0 Å². The molecule has 2 rings (SSSR count). The van der Waals surface area contributed by atoms with Gasteiger partial charge in [-0.05, 0) is 6.42 Å². The topological polar surface area (TPSA) is 110 Å². The summed E-state index contributed by atoms with van der Waals surface area (Å²) >= 11 is 0. The highest BCUT2D eigenvalue weighted by Crippen LogP contribution is 2.09. The van der Waals surface area contributed by atoms with Gasteiger partial charge in [0.15, 0.2) is 0 Å². The van der Waals surface area contributed by atoms with Gasteiger partial charge in [0, 0.05) is 12.6 Å². The number of anilines is 1. The van der Waals surface area contributed by atoms with E-state index in [-0.39, 0.29) is 17.6 Å². The van der Waals surface area contributed by atoms with Crippen molar-refractivity contribution in [1.82, 2.24) is 15.3 Å². The minimum absolute atomic E-state index is 0.0702. The highest BCUT2D eigenvalue weighted by atomic mass is 16.2. The molecule has 7 heteroatoms. The van der Waals surface area contributed by atoms with Gasteiger partial charge in [0.2, 0.25) is 5.91 Å². The third-order valence-electron chi connectivity index (χ3n) is 2.29. The first kappa shape index (κ1) is 10.3. The molecule has 1 atom stereocenters. The number of nitrogens with zero attached hydrogens (tertiary/aromatic N) is 2. The lowest BCUT2D eigenvalue weighted by Gasteiger charge is -2.10. The predicted molar refractivity (Wildman–Crippen MR) is 55.6 cm³/mol. The van der Waals surface area contributed by atoms with E-state index in [1.54, 1.807) is 0 Å². The molecule has 0 spiro atoms. The minimum atomic E-state index is -0.624. The Labute approximate surface area is 91.5 Å². The summed E-state index contributed by atoms with van der Waals surface area (Å²) in [5.41, 5.74) is 5.20. The largest absolute Gasteiger partial charge is 0.364 e. The van der Waals surface area contributed by atoms with Gasteiger partial charge in [0.1, 0.15) is 23.9 Å². The van der Waals surface area contributed by atoms with Crippen molar-refractivity contribution < 1.29 is 9.59 Å². The Hall–Kier alpha value is -2.18. The Balaban J connectivity index is 2.12. The van der Waals surface area contributed by atoms with Gasteiger partial charge < -0.3 is 16.4 Å². The van der Waals surface area contributed by atoms with Crippen molar-refractivity contribution in [3.8, 4) is 0 Å². The van der Waals surface area contributed by atoms with Crippen LogP contribution >= 0.6 is 0 Å². The van der Waals surface area contributed by atoms with Gasteiger partial charge in [-0.1, -0.05) is 0 Å². The van der Waals surface area contributed by atoms with Crippen LogP contribution in [0.3, 0.4) is 0 Å².